The first-order chi connectivity index (χ1) is 24.5. The standard InChI is InChI=1S/C44H60N4O2/c1-5-9-13-17-21-31-35-25-26-36(45-35)32(22-18-14-10-6-2)38-28-30-40(47-38)34(24-20-16-12-8-4)42-44(50)43(49)41(48-42)33(23-19-15-11-7-3)39-29-27-37(31)46-39/h25-30,46-47H,5-24H2,1-4H3. The van der Waals surface area contributed by atoms with Crippen LogP contribution in [0.15, 0.2) is 24.3 Å². The van der Waals surface area contributed by atoms with E-state index in [9.17, 15) is 9.59 Å². The molecular formula is C44H60N4O2. The van der Waals surface area contributed by atoms with Gasteiger partial charge in [0.05, 0.1) is 11.4 Å². The number of carbonyl (C=O) groups excluding carboxylic acids is 2. The minimum atomic E-state index is -0.474. The Bertz CT molecular complexity index is 1680. The summed E-state index contributed by atoms with van der Waals surface area (Å²) in [4.78, 5) is 45.6. The van der Waals surface area contributed by atoms with Gasteiger partial charge in [0.25, 0.3) is 11.6 Å². The van der Waals surface area contributed by atoms with Gasteiger partial charge in [-0.2, -0.15) is 0 Å². The van der Waals surface area contributed by atoms with E-state index in [0.29, 0.717) is 24.2 Å². The number of rotatable bonds is 20. The van der Waals surface area contributed by atoms with Crippen molar-refractivity contribution in [2.24, 2.45) is 0 Å². The van der Waals surface area contributed by atoms with Crippen LogP contribution in [0.4, 0.5) is 0 Å². The molecule has 50 heavy (non-hydrogen) atoms. The zero-order valence-electron chi connectivity index (χ0n) is 31.3. The zero-order valence-corrected chi connectivity index (χ0v) is 31.3. The molecule has 268 valence electrons. The summed E-state index contributed by atoms with van der Waals surface area (Å²) in [6.45, 7) is 8.91. The molecule has 0 spiro atoms. The largest absolute Gasteiger partial charge is 0.355 e. The summed E-state index contributed by atoms with van der Waals surface area (Å²) in [5.41, 5.74) is 10.6. The Labute approximate surface area is 300 Å². The van der Waals surface area contributed by atoms with Crippen molar-refractivity contribution in [3.8, 4) is 0 Å². The third-order valence-corrected chi connectivity index (χ3v) is 10.5. The summed E-state index contributed by atoms with van der Waals surface area (Å²) in [5, 5.41) is 0. The van der Waals surface area contributed by atoms with Crippen molar-refractivity contribution in [3.05, 3.63) is 69.3 Å². The number of nitrogens with one attached hydrogen (secondary N) is 2. The van der Waals surface area contributed by atoms with Crippen molar-refractivity contribution in [3.63, 3.8) is 0 Å². The van der Waals surface area contributed by atoms with Gasteiger partial charge in [0, 0.05) is 44.3 Å². The van der Waals surface area contributed by atoms with Gasteiger partial charge in [-0.05, 0) is 87.8 Å². The summed E-state index contributed by atoms with van der Waals surface area (Å²) in [7, 11) is 0. The summed E-state index contributed by atoms with van der Waals surface area (Å²) in [6, 6.07) is 8.47. The molecule has 3 aromatic heterocycles. The van der Waals surface area contributed by atoms with E-state index < -0.39 is 11.6 Å². The van der Waals surface area contributed by atoms with Crippen LogP contribution in [-0.4, -0.2) is 31.5 Å². The fraction of sp³-hybridized carbons (Fsp3) is 0.545. The van der Waals surface area contributed by atoms with Gasteiger partial charge in [0.1, 0.15) is 11.4 Å². The molecule has 5 rings (SSSR count). The fourth-order valence-corrected chi connectivity index (χ4v) is 7.51. The van der Waals surface area contributed by atoms with Crippen LogP contribution in [-0.2, 0) is 25.7 Å². The van der Waals surface area contributed by atoms with Gasteiger partial charge in [0.15, 0.2) is 0 Å². The van der Waals surface area contributed by atoms with Gasteiger partial charge in [0.2, 0.25) is 0 Å². The molecule has 0 fully saturated rings. The number of aromatic amines is 2. The van der Waals surface area contributed by atoms with Crippen LogP contribution in [0.25, 0.3) is 34.2 Å². The lowest BCUT2D eigenvalue weighted by Gasteiger charge is -2.06. The number of ketones is 2. The van der Waals surface area contributed by atoms with Crippen molar-refractivity contribution < 1.29 is 9.59 Å². The number of unbranched alkanes of at least 4 members (excludes halogenated alkanes) is 12. The lowest BCUT2D eigenvalue weighted by molar-refractivity contribution is 0.0824. The summed E-state index contributed by atoms with van der Waals surface area (Å²) >= 11 is 0. The molecule has 6 nitrogen and oxygen atoms in total. The SMILES string of the molecule is CCCCCCc1c2nc(c(CCCCCC)c3ccc([nH]3)c(CCCCCC)c3nc(c(CCCCCC)c4ccc1[nH]4)C(=O)C3=O)C=C2. The number of fused-ring (bicyclic) bond motifs is 8. The van der Waals surface area contributed by atoms with Crippen molar-refractivity contribution in [1.29, 1.82) is 0 Å². The quantitative estimate of drug-likeness (QED) is 0.0720. The molecule has 3 aromatic rings. The average Bonchev–Trinajstić information content (AvgIpc) is 3.95. The minimum absolute atomic E-state index is 0.321. The Hall–Kier alpha value is -3.80. The maximum Gasteiger partial charge on any atom is 0.253 e. The topological polar surface area (TPSA) is 91.5 Å². The van der Waals surface area contributed by atoms with E-state index in [4.69, 9.17) is 9.97 Å². The molecule has 0 saturated heterocycles. The van der Waals surface area contributed by atoms with Gasteiger partial charge in [-0.3, -0.25) is 9.59 Å². The molecule has 0 radical (unpaired) electrons. The van der Waals surface area contributed by atoms with Crippen molar-refractivity contribution in [2.45, 2.75) is 156 Å². The smallest absolute Gasteiger partial charge is 0.253 e. The molecule has 0 atom stereocenters. The third-order valence-electron chi connectivity index (χ3n) is 10.5. The first-order valence-electron chi connectivity index (χ1n) is 20.0. The van der Waals surface area contributed by atoms with Gasteiger partial charge in [-0.15, -0.1) is 0 Å². The molecule has 2 aliphatic rings. The minimum Gasteiger partial charge on any atom is -0.355 e. The van der Waals surface area contributed by atoms with Crippen LogP contribution >= 0.6 is 0 Å². The average molecular weight is 677 g/mol. The van der Waals surface area contributed by atoms with Crippen LogP contribution < -0.4 is 0 Å². The van der Waals surface area contributed by atoms with Crippen molar-refractivity contribution in [2.75, 3.05) is 0 Å². The van der Waals surface area contributed by atoms with Crippen LogP contribution in [0.3, 0.4) is 0 Å². The van der Waals surface area contributed by atoms with E-state index in [1.807, 2.05) is 0 Å². The second kappa shape index (κ2) is 19.0. The highest BCUT2D eigenvalue weighted by Gasteiger charge is 2.32. The predicted molar refractivity (Wildman–Crippen MR) is 210 cm³/mol. The van der Waals surface area contributed by atoms with Gasteiger partial charge >= 0.3 is 0 Å². The lowest BCUT2D eigenvalue weighted by atomic mass is 10.0. The number of nitrogens with zero attached hydrogens (tertiary/aromatic N) is 2. The normalized spacial score (nSPS) is 12.8. The number of Topliss-reactive ketones (excluding diaryl/α,β-unsaturated/α-hetero) is 2. The second-order valence-corrected chi connectivity index (χ2v) is 14.4. The highest BCUT2D eigenvalue weighted by atomic mass is 16.2. The van der Waals surface area contributed by atoms with Gasteiger partial charge in [-0.25, -0.2) is 9.97 Å². The monoisotopic (exact) mass is 676 g/mol. The Morgan fingerprint density at radius 1 is 0.420 bits per heavy atom. The first-order valence-corrected chi connectivity index (χ1v) is 20.0. The van der Waals surface area contributed by atoms with Gasteiger partial charge in [-0.1, -0.05) is 105 Å². The van der Waals surface area contributed by atoms with E-state index in [1.165, 1.54) is 49.7 Å². The van der Waals surface area contributed by atoms with E-state index in [0.717, 1.165) is 122 Å². The van der Waals surface area contributed by atoms with Crippen molar-refractivity contribution in [1.82, 2.24) is 19.9 Å². The van der Waals surface area contributed by atoms with E-state index >= 15 is 0 Å². The van der Waals surface area contributed by atoms with Crippen LogP contribution in [0.2, 0.25) is 0 Å². The Morgan fingerprint density at radius 3 is 1.08 bits per heavy atom. The maximum absolute atomic E-state index is 13.9. The van der Waals surface area contributed by atoms with Crippen molar-refractivity contribution >= 4 is 45.8 Å². The molecule has 0 aromatic carbocycles. The van der Waals surface area contributed by atoms with Crippen LogP contribution in [0.5, 0.6) is 0 Å². The van der Waals surface area contributed by atoms with Crippen LogP contribution in [0.1, 0.15) is 185 Å². The molecule has 0 amide bonds. The zero-order chi connectivity index (χ0) is 35.3. The summed E-state index contributed by atoms with van der Waals surface area (Å²) < 4.78 is 0. The number of H-pyrrole nitrogens is 2. The lowest BCUT2D eigenvalue weighted by Crippen LogP contribution is -2.11. The second-order valence-electron chi connectivity index (χ2n) is 14.4. The first kappa shape index (κ1) is 37.5. The van der Waals surface area contributed by atoms with E-state index in [-0.39, 0.29) is 0 Å². The number of carbonyl (C=O) groups is 2. The van der Waals surface area contributed by atoms with E-state index in [2.05, 4.69) is 74.1 Å². The summed E-state index contributed by atoms with van der Waals surface area (Å²) in [5.74, 6) is -0.949. The molecule has 0 saturated carbocycles. The fourth-order valence-electron chi connectivity index (χ4n) is 7.51. The number of hydrogen-bond acceptors (Lipinski definition) is 4. The summed E-state index contributed by atoms with van der Waals surface area (Å²) in [6.07, 6.45) is 25.6. The highest BCUT2D eigenvalue weighted by Crippen LogP contribution is 2.30. The van der Waals surface area contributed by atoms with Gasteiger partial charge < -0.3 is 9.97 Å². The van der Waals surface area contributed by atoms with E-state index in [1.54, 1.807) is 0 Å². The number of aryl methyl sites for hydroxylation is 4. The Morgan fingerprint density at radius 2 is 0.740 bits per heavy atom. The highest BCUT2D eigenvalue weighted by molar-refractivity contribution is 6.51. The molecule has 0 aliphatic carbocycles. The maximum atomic E-state index is 13.9. The predicted octanol–water partition coefficient (Wildman–Crippen LogP) is 12.0. The molecule has 0 unspecified atom stereocenters. The third kappa shape index (κ3) is 9.10. The number of hydrogen-bond donors (Lipinski definition) is 2. The number of aromatic nitrogens is 4. The molecule has 5 heterocycles. The Balaban J connectivity index is 1.81. The molecule has 8 bridgehead atoms. The Kier molecular flexibility index (Phi) is 14.2. The molecular weight excluding hydrogens is 617 g/mol. The molecule has 2 N–H and O–H groups in total. The van der Waals surface area contributed by atoms with Crippen LogP contribution in [0, 0.1) is 0 Å². The molecule has 6 heteroatoms. The molecule has 2 aliphatic heterocycles.